The minimum absolute atomic E-state index is 0.0956. The van der Waals surface area contributed by atoms with Gasteiger partial charge in [0.05, 0.1) is 12.3 Å². The predicted molar refractivity (Wildman–Crippen MR) is 106 cm³/mol. The predicted octanol–water partition coefficient (Wildman–Crippen LogP) is 3.11. The molecule has 0 atom stereocenters. The summed E-state index contributed by atoms with van der Waals surface area (Å²) in [5.74, 6) is -1.37. The van der Waals surface area contributed by atoms with Crippen LogP contribution in [0.25, 0.3) is 11.4 Å². The number of carbonyl (C=O) groups is 2. The number of hydrogen-bond donors (Lipinski definition) is 0. The van der Waals surface area contributed by atoms with Gasteiger partial charge in [0, 0.05) is 31.7 Å². The van der Waals surface area contributed by atoms with Crippen molar-refractivity contribution in [3.05, 3.63) is 29.9 Å². The van der Waals surface area contributed by atoms with Gasteiger partial charge >= 0.3 is 18.0 Å². The quantitative estimate of drug-likeness (QED) is 0.696. The molecule has 0 N–H and O–H groups in total. The summed E-state index contributed by atoms with van der Waals surface area (Å²) in [6.45, 7) is 9.12. The highest BCUT2D eigenvalue weighted by atomic mass is 19.1. The van der Waals surface area contributed by atoms with E-state index >= 15 is 0 Å². The molecular formula is C20H25FN4O5. The van der Waals surface area contributed by atoms with E-state index in [9.17, 15) is 14.0 Å². The van der Waals surface area contributed by atoms with Crippen LogP contribution in [-0.4, -0.2) is 65.5 Å². The second-order valence-corrected chi connectivity index (χ2v) is 7.76. The van der Waals surface area contributed by atoms with Gasteiger partial charge in [0.25, 0.3) is 0 Å². The van der Waals surface area contributed by atoms with Crippen LogP contribution in [0.5, 0.6) is 0 Å². The number of aromatic nitrogens is 2. The van der Waals surface area contributed by atoms with Crippen molar-refractivity contribution < 1.29 is 28.0 Å². The zero-order chi connectivity index (χ0) is 21.9. The molecule has 0 bridgehead atoms. The summed E-state index contributed by atoms with van der Waals surface area (Å²) in [6.07, 6.45) is -0.368. The molecule has 2 aromatic rings. The van der Waals surface area contributed by atoms with Crippen molar-refractivity contribution in [2.24, 2.45) is 0 Å². The Balaban J connectivity index is 1.65. The zero-order valence-corrected chi connectivity index (χ0v) is 17.5. The molecule has 0 aliphatic carbocycles. The molecule has 9 nitrogen and oxygen atoms in total. The number of esters is 1. The summed E-state index contributed by atoms with van der Waals surface area (Å²) in [6, 6.07) is 4.56. The molecule has 0 radical (unpaired) electrons. The van der Waals surface area contributed by atoms with Crippen molar-refractivity contribution in [3.8, 4) is 11.4 Å². The lowest BCUT2D eigenvalue weighted by Crippen LogP contribution is -2.50. The van der Waals surface area contributed by atoms with Crippen LogP contribution < -0.4 is 4.90 Å². The third-order valence-electron chi connectivity index (χ3n) is 4.35. The van der Waals surface area contributed by atoms with Crippen LogP contribution in [0.4, 0.5) is 14.9 Å². The normalized spacial score (nSPS) is 14.6. The molecule has 0 spiro atoms. The molecule has 1 saturated heterocycles. The lowest BCUT2D eigenvalue weighted by Gasteiger charge is -2.36. The number of rotatable bonds is 4. The standard InChI is InChI=1S/C20H25FN4O5/c1-5-28-18(26)17-22-16(23-30-17)13-6-7-15(14(21)12-13)24-8-10-25(11-9-24)19(27)29-20(2,3)4/h6-7,12H,5,8-11H2,1-4H3. The van der Waals surface area contributed by atoms with Crippen LogP contribution >= 0.6 is 0 Å². The lowest BCUT2D eigenvalue weighted by molar-refractivity contribution is 0.0240. The molecule has 1 amide bonds. The van der Waals surface area contributed by atoms with E-state index in [1.54, 1.807) is 24.0 Å². The van der Waals surface area contributed by atoms with Gasteiger partial charge in [-0.15, -0.1) is 0 Å². The number of piperazine rings is 1. The summed E-state index contributed by atoms with van der Waals surface area (Å²) < 4.78 is 29.8. The number of amides is 1. The van der Waals surface area contributed by atoms with Crippen LogP contribution in [0.2, 0.25) is 0 Å². The first kappa shape index (κ1) is 21.5. The Morgan fingerprint density at radius 2 is 1.90 bits per heavy atom. The van der Waals surface area contributed by atoms with Crippen molar-refractivity contribution in [3.63, 3.8) is 0 Å². The number of hydrogen-bond acceptors (Lipinski definition) is 8. The number of benzene rings is 1. The third-order valence-corrected chi connectivity index (χ3v) is 4.35. The number of carbonyl (C=O) groups excluding carboxylic acids is 2. The fourth-order valence-electron chi connectivity index (χ4n) is 2.98. The van der Waals surface area contributed by atoms with Crippen LogP contribution in [0.15, 0.2) is 22.7 Å². The maximum atomic E-state index is 14.8. The number of anilines is 1. The minimum atomic E-state index is -0.726. The fourth-order valence-corrected chi connectivity index (χ4v) is 2.98. The van der Waals surface area contributed by atoms with E-state index < -0.39 is 17.4 Å². The molecule has 30 heavy (non-hydrogen) atoms. The molecule has 162 valence electrons. The van der Waals surface area contributed by atoms with Crippen molar-refractivity contribution in [1.82, 2.24) is 15.0 Å². The Labute approximate surface area is 173 Å². The van der Waals surface area contributed by atoms with Crippen LogP contribution in [0.1, 0.15) is 38.4 Å². The van der Waals surface area contributed by atoms with Gasteiger partial charge in [-0.2, -0.15) is 4.98 Å². The minimum Gasteiger partial charge on any atom is -0.459 e. The highest BCUT2D eigenvalue weighted by Gasteiger charge is 2.27. The van der Waals surface area contributed by atoms with Crippen LogP contribution in [-0.2, 0) is 9.47 Å². The molecule has 3 rings (SSSR count). The van der Waals surface area contributed by atoms with Gasteiger partial charge in [-0.3, -0.25) is 0 Å². The molecule has 2 heterocycles. The third kappa shape index (κ3) is 5.05. The fraction of sp³-hybridized carbons (Fsp3) is 0.500. The number of nitrogens with zero attached hydrogens (tertiary/aromatic N) is 4. The smallest absolute Gasteiger partial charge is 0.410 e. The summed E-state index contributed by atoms with van der Waals surface area (Å²) in [5, 5.41) is 3.71. The zero-order valence-electron chi connectivity index (χ0n) is 17.5. The summed E-state index contributed by atoms with van der Waals surface area (Å²) in [4.78, 5) is 31.2. The monoisotopic (exact) mass is 420 g/mol. The number of halogens is 1. The maximum Gasteiger partial charge on any atom is 0.410 e. The average molecular weight is 420 g/mol. The average Bonchev–Trinajstić information content (AvgIpc) is 3.17. The van der Waals surface area contributed by atoms with Crippen LogP contribution in [0, 0.1) is 5.82 Å². The van der Waals surface area contributed by atoms with E-state index in [4.69, 9.17) is 14.0 Å². The van der Waals surface area contributed by atoms with Crippen molar-refractivity contribution in [2.75, 3.05) is 37.7 Å². The molecule has 1 aromatic heterocycles. The topological polar surface area (TPSA) is 98.0 Å². The highest BCUT2D eigenvalue weighted by Crippen LogP contribution is 2.26. The van der Waals surface area contributed by atoms with Crippen molar-refractivity contribution in [1.29, 1.82) is 0 Å². The largest absolute Gasteiger partial charge is 0.459 e. The van der Waals surface area contributed by atoms with E-state index in [0.717, 1.165) is 0 Å². The van der Waals surface area contributed by atoms with Crippen molar-refractivity contribution in [2.45, 2.75) is 33.3 Å². The second-order valence-electron chi connectivity index (χ2n) is 7.76. The highest BCUT2D eigenvalue weighted by molar-refractivity contribution is 5.84. The van der Waals surface area contributed by atoms with Gasteiger partial charge < -0.3 is 23.8 Å². The van der Waals surface area contributed by atoms with Gasteiger partial charge in [0.2, 0.25) is 5.82 Å². The van der Waals surface area contributed by atoms with E-state index in [1.807, 2.05) is 25.7 Å². The first-order chi connectivity index (χ1) is 14.2. The van der Waals surface area contributed by atoms with Gasteiger partial charge in [0.15, 0.2) is 0 Å². The Kier molecular flexibility index (Phi) is 6.23. The summed E-state index contributed by atoms with van der Waals surface area (Å²) >= 11 is 0. The summed E-state index contributed by atoms with van der Waals surface area (Å²) in [5.41, 5.74) is 0.234. The molecular weight excluding hydrogens is 395 g/mol. The Hall–Kier alpha value is -3.17. The van der Waals surface area contributed by atoms with Gasteiger partial charge in [0.1, 0.15) is 11.4 Å². The summed E-state index contributed by atoms with van der Waals surface area (Å²) in [7, 11) is 0. The molecule has 1 aliphatic heterocycles. The van der Waals surface area contributed by atoms with E-state index in [-0.39, 0.29) is 24.4 Å². The van der Waals surface area contributed by atoms with Crippen LogP contribution in [0.3, 0.4) is 0 Å². The Bertz CT molecular complexity index is 916. The first-order valence-electron chi connectivity index (χ1n) is 9.71. The van der Waals surface area contributed by atoms with E-state index in [1.165, 1.54) is 6.07 Å². The second kappa shape index (κ2) is 8.68. The molecule has 0 unspecified atom stereocenters. The lowest BCUT2D eigenvalue weighted by atomic mass is 10.1. The van der Waals surface area contributed by atoms with Gasteiger partial charge in [-0.25, -0.2) is 14.0 Å². The molecule has 10 heteroatoms. The Morgan fingerprint density at radius 3 is 2.50 bits per heavy atom. The maximum absolute atomic E-state index is 14.8. The van der Waals surface area contributed by atoms with E-state index in [0.29, 0.717) is 37.4 Å². The molecule has 0 saturated carbocycles. The van der Waals surface area contributed by atoms with E-state index in [2.05, 4.69) is 10.1 Å². The SMILES string of the molecule is CCOC(=O)c1nc(-c2ccc(N3CCN(C(=O)OC(C)(C)C)CC3)c(F)c2)no1. The van der Waals surface area contributed by atoms with Crippen molar-refractivity contribution >= 4 is 17.7 Å². The number of ether oxygens (including phenoxy) is 2. The molecule has 1 fully saturated rings. The Morgan fingerprint density at radius 1 is 1.20 bits per heavy atom. The first-order valence-corrected chi connectivity index (χ1v) is 9.71. The molecule has 1 aromatic carbocycles. The van der Waals surface area contributed by atoms with Gasteiger partial charge in [-0.05, 0) is 45.9 Å². The van der Waals surface area contributed by atoms with Gasteiger partial charge in [-0.1, -0.05) is 5.16 Å². The molecule has 1 aliphatic rings.